The molecule has 1 saturated heterocycles. The van der Waals surface area contributed by atoms with Gasteiger partial charge in [-0.25, -0.2) is 9.59 Å². The summed E-state index contributed by atoms with van der Waals surface area (Å²) in [6.45, 7) is 7.44. The second-order valence-corrected chi connectivity index (χ2v) is 9.76. The van der Waals surface area contributed by atoms with Gasteiger partial charge in [0.15, 0.2) is 0 Å². The molecule has 0 bridgehead atoms. The first-order valence-corrected chi connectivity index (χ1v) is 12.1. The van der Waals surface area contributed by atoms with Crippen molar-refractivity contribution in [3.8, 4) is 0 Å². The van der Waals surface area contributed by atoms with Crippen LogP contribution < -0.4 is 5.32 Å². The molecule has 4 rings (SSSR count). The van der Waals surface area contributed by atoms with E-state index in [9.17, 15) is 19.7 Å². The molecule has 2 atom stereocenters. The molecule has 2 aromatic rings. The van der Waals surface area contributed by atoms with Gasteiger partial charge in [-0.2, -0.15) is 0 Å². The van der Waals surface area contributed by atoms with Gasteiger partial charge in [0.1, 0.15) is 5.60 Å². The van der Waals surface area contributed by atoms with Gasteiger partial charge >= 0.3 is 11.9 Å². The highest BCUT2D eigenvalue weighted by atomic mass is 35.5. The van der Waals surface area contributed by atoms with Crippen molar-refractivity contribution < 1.29 is 24.0 Å². The zero-order valence-corrected chi connectivity index (χ0v) is 22.7. The number of methoxy groups -OCH3 is 1. The molecule has 0 aliphatic carbocycles. The van der Waals surface area contributed by atoms with Gasteiger partial charge < -0.3 is 14.8 Å². The average Bonchev–Trinajstić information content (AvgIpc) is 3.23. The smallest absolute Gasteiger partial charge is 0.337 e. The molecule has 38 heavy (non-hydrogen) atoms. The van der Waals surface area contributed by atoms with Gasteiger partial charge in [0.25, 0.3) is 5.69 Å². The van der Waals surface area contributed by atoms with Gasteiger partial charge in [-0.3, -0.25) is 15.0 Å². The number of nitrogens with zero attached hydrogens (tertiary/aromatic N) is 2. The zero-order chi connectivity index (χ0) is 26.7. The minimum Gasteiger partial charge on any atom is -0.466 e. The summed E-state index contributed by atoms with van der Waals surface area (Å²) in [5, 5.41) is 14.6. The topological polar surface area (TPSA) is 111 Å². The summed E-state index contributed by atoms with van der Waals surface area (Å²) in [5.41, 5.74) is 2.23. The third kappa shape index (κ3) is 6.06. The lowest BCUT2D eigenvalue weighted by Crippen LogP contribution is -2.38. The Labute approximate surface area is 228 Å². The van der Waals surface area contributed by atoms with E-state index in [0.717, 1.165) is 13.1 Å². The number of halogens is 1. The van der Waals surface area contributed by atoms with E-state index in [1.807, 2.05) is 25.1 Å². The van der Waals surface area contributed by atoms with Crippen LogP contribution in [0.4, 0.5) is 5.69 Å². The minimum atomic E-state index is -0.883. The summed E-state index contributed by atoms with van der Waals surface area (Å²) >= 11 is 0. The normalized spacial score (nSPS) is 21.4. The fourth-order valence-electron chi connectivity index (χ4n) is 5.16. The van der Waals surface area contributed by atoms with Crippen LogP contribution in [0.1, 0.15) is 44.2 Å². The molecule has 0 aromatic heterocycles. The first-order valence-electron chi connectivity index (χ1n) is 12.1. The van der Waals surface area contributed by atoms with Crippen molar-refractivity contribution in [1.82, 2.24) is 10.2 Å². The van der Waals surface area contributed by atoms with Crippen molar-refractivity contribution in [2.24, 2.45) is 0 Å². The Morgan fingerprint density at radius 3 is 2.37 bits per heavy atom. The molecule has 0 amide bonds. The molecule has 0 radical (unpaired) electrons. The summed E-state index contributed by atoms with van der Waals surface area (Å²) in [4.78, 5) is 39.8. The molecule has 0 spiro atoms. The lowest BCUT2D eigenvalue weighted by Gasteiger charge is -2.32. The predicted molar refractivity (Wildman–Crippen MR) is 144 cm³/mol. The van der Waals surface area contributed by atoms with E-state index < -0.39 is 28.4 Å². The zero-order valence-electron chi connectivity index (χ0n) is 21.9. The first kappa shape index (κ1) is 28.9. The Morgan fingerprint density at radius 2 is 1.74 bits per heavy atom. The third-order valence-corrected chi connectivity index (χ3v) is 6.90. The molecule has 2 aliphatic rings. The van der Waals surface area contributed by atoms with E-state index in [4.69, 9.17) is 9.47 Å². The number of nitro groups is 1. The third-order valence-electron chi connectivity index (χ3n) is 6.90. The molecule has 1 N–H and O–H groups in total. The minimum absolute atomic E-state index is 0. The number of hydrogen-bond donors (Lipinski definition) is 1. The number of dihydropyridines is 1. The molecule has 10 heteroatoms. The molecule has 9 nitrogen and oxygen atoms in total. The van der Waals surface area contributed by atoms with Crippen LogP contribution in [-0.4, -0.2) is 47.6 Å². The maximum absolute atomic E-state index is 13.8. The summed E-state index contributed by atoms with van der Waals surface area (Å²) in [7, 11) is 1.26. The summed E-state index contributed by atoms with van der Waals surface area (Å²) in [6.07, 6.45) is 0.658. The van der Waals surface area contributed by atoms with E-state index in [2.05, 4.69) is 22.3 Å². The van der Waals surface area contributed by atoms with Crippen molar-refractivity contribution in [3.63, 3.8) is 0 Å². The predicted octanol–water partition coefficient (Wildman–Crippen LogP) is 4.63. The van der Waals surface area contributed by atoms with Crippen LogP contribution in [0.15, 0.2) is 77.1 Å². The van der Waals surface area contributed by atoms with Crippen LogP contribution in [-0.2, 0) is 25.6 Å². The summed E-state index contributed by atoms with van der Waals surface area (Å²) in [5.74, 6) is -2.08. The quantitative estimate of drug-likeness (QED) is 0.307. The van der Waals surface area contributed by atoms with E-state index in [0.29, 0.717) is 29.9 Å². The summed E-state index contributed by atoms with van der Waals surface area (Å²) in [6, 6.07) is 16.1. The number of ether oxygens (including phenoxy) is 2. The molecule has 0 saturated carbocycles. The molecule has 202 valence electrons. The Bertz CT molecular complexity index is 1290. The fraction of sp³-hybridized carbons (Fsp3) is 0.357. The molecule has 2 aromatic carbocycles. The van der Waals surface area contributed by atoms with E-state index in [1.165, 1.54) is 30.9 Å². The maximum Gasteiger partial charge on any atom is 0.337 e. The molecule has 2 unspecified atom stereocenters. The van der Waals surface area contributed by atoms with Crippen LogP contribution in [0, 0.1) is 10.1 Å². The monoisotopic (exact) mass is 541 g/mol. The molecule has 2 aliphatic heterocycles. The first-order chi connectivity index (χ1) is 17.6. The van der Waals surface area contributed by atoms with Gasteiger partial charge in [-0.15, -0.1) is 12.4 Å². The van der Waals surface area contributed by atoms with Crippen LogP contribution >= 0.6 is 12.4 Å². The number of rotatable bonds is 7. The number of hydrogen-bond acceptors (Lipinski definition) is 8. The lowest BCUT2D eigenvalue weighted by molar-refractivity contribution is -0.384. The second kappa shape index (κ2) is 11.8. The van der Waals surface area contributed by atoms with E-state index >= 15 is 0 Å². The Hall–Kier alpha value is -3.69. The number of non-ortho nitro benzene ring substituents is 1. The molecule has 1 fully saturated rings. The molecular formula is C28H32ClN3O6. The van der Waals surface area contributed by atoms with Gasteiger partial charge in [0.05, 0.1) is 29.1 Å². The number of allylic oxidation sites excluding steroid dienone is 2. The number of benzene rings is 2. The lowest BCUT2D eigenvalue weighted by atomic mass is 9.80. The highest BCUT2D eigenvalue weighted by Gasteiger charge is 2.42. The largest absolute Gasteiger partial charge is 0.466 e. The van der Waals surface area contributed by atoms with Gasteiger partial charge in [-0.05, 0) is 31.9 Å². The van der Waals surface area contributed by atoms with Crippen LogP contribution in [0.5, 0.6) is 0 Å². The molecular weight excluding hydrogens is 510 g/mol. The fourth-order valence-corrected chi connectivity index (χ4v) is 5.16. The SMILES string of the molecule is COC(=O)C1=C(C)NC(C)=C(C(=O)OC2(C)CCN(Cc3ccccc3)C2)C1c1cccc([N+](=O)[O-])c1.Cl. The van der Waals surface area contributed by atoms with Crippen LogP contribution in [0.25, 0.3) is 0 Å². The maximum atomic E-state index is 13.8. The highest BCUT2D eigenvalue weighted by Crippen LogP contribution is 2.41. The summed E-state index contributed by atoms with van der Waals surface area (Å²) < 4.78 is 11.1. The van der Waals surface area contributed by atoms with Crippen molar-refractivity contribution in [2.45, 2.75) is 45.3 Å². The van der Waals surface area contributed by atoms with E-state index in [-0.39, 0.29) is 29.2 Å². The number of carbonyl (C=O) groups excluding carboxylic acids is 2. The van der Waals surface area contributed by atoms with Crippen molar-refractivity contribution in [2.75, 3.05) is 20.2 Å². The number of carbonyl (C=O) groups is 2. The Balaban J connectivity index is 0.00000400. The van der Waals surface area contributed by atoms with Gasteiger partial charge in [0, 0.05) is 49.6 Å². The van der Waals surface area contributed by atoms with E-state index in [1.54, 1.807) is 19.9 Å². The van der Waals surface area contributed by atoms with Crippen molar-refractivity contribution in [3.05, 3.63) is 98.4 Å². The standard InChI is InChI=1S/C28H31N3O6.ClH/c1-18-23(26(32)36-4)25(21-11-8-12-22(15-21)31(34)35)24(19(2)29-18)27(33)37-28(3)13-14-30(17-28)16-20-9-6-5-7-10-20;/h5-12,15,25,29H,13-14,16-17H2,1-4H3;1H. The van der Waals surface area contributed by atoms with Crippen LogP contribution in [0.3, 0.4) is 0 Å². The number of nitrogens with one attached hydrogen (secondary N) is 1. The van der Waals surface area contributed by atoms with Crippen LogP contribution in [0.2, 0.25) is 0 Å². The average molecular weight is 542 g/mol. The van der Waals surface area contributed by atoms with Crippen molar-refractivity contribution >= 4 is 30.0 Å². The van der Waals surface area contributed by atoms with Crippen molar-refractivity contribution in [1.29, 1.82) is 0 Å². The number of nitro benzene ring substituents is 1. The number of esters is 2. The van der Waals surface area contributed by atoms with Gasteiger partial charge in [-0.1, -0.05) is 42.5 Å². The second-order valence-electron chi connectivity index (χ2n) is 9.76. The van der Waals surface area contributed by atoms with Gasteiger partial charge in [0.2, 0.25) is 0 Å². The number of likely N-dealkylation sites (tertiary alicyclic amines) is 1. The Kier molecular flexibility index (Phi) is 8.96. The molecule has 2 heterocycles. The highest BCUT2D eigenvalue weighted by molar-refractivity contribution is 6.00. The Morgan fingerprint density at radius 1 is 1.08 bits per heavy atom.